The van der Waals surface area contributed by atoms with Crippen molar-refractivity contribution < 1.29 is 22.7 Å². The molecule has 0 bridgehead atoms. The van der Waals surface area contributed by atoms with Gasteiger partial charge in [-0.3, -0.25) is 14.2 Å². The van der Waals surface area contributed by atoms with E-state index < -0.39 is 23.5 Å². The highest BCUT2D eigenvalue weighted by molar-refractivity contribution is 6.14. The zero-order chi connectivity index (χ0) is 17.1. The second-order valence-corrected chi connectivity index (χ2v) is 5.12. The molecule has 1 aliphatic heterocycles. The van der Waals surface area contributed by atoms with Crippen LogP contribution in [0.1, 0.15) is 16.2 Å². The summed E-state index contributed by atoms with van der Waals surface area (Å²) < 4.78 is 42.7. The zero-order valence-corrected chi connectivity index (χ0v) is 11.8. The summed E-state index contributed by atoms with van der Waals surface area (Å²) in [7, 11) is 0. The number of fused-ring (bicyclic) bond motifs is 4. The number of carbonyl (C=O) groups is 1. The van der Waals surface area contributed by atoms with Crippen molar-refractivity contribution in [2.75, 3.05) is 0 Å². The first-order valence-electron chi connectivity index (χ1n) is 6.82. The predicted molar refractivity (Wildman–Crippen MR) is 77.5 cm³/mol. The van der Waals surface area contributed by atoms with E-state index in [-0.39, 0.29) is 22.5 Å². The zero-order valence-electron chi connectivity index (χ0n) is 11.8. The van der Waals surface area contributed by atoms with Crippen molar-refractivity contribution >= 4 is 16.7 Å². The third-order valence-corrected chi connectivity index (χ3v) is 3.67. The normalized spacial score (nSPS) is 13.0. The lowest BCUT2D eigenvalue weighted by molar-refractivity contribution is -0.274. The van der Waals surface area contributed by atoms with Gasteiger partial charge in [-0.2, -0.15) is 0 Å². The molecule has 8 heteroatoms. The van der Waals surface area contributed by atoms with Crippen LogP contribution >= 0.6 is 0 Å². The standard InChI is InChI=1S/C16H7F3N2O3/c17-16(18,19)24-11-7-3-5-9-12(11)21-14(13(9)22)20-10-6-2-1-4-8(10)15(21)23/h1-7H. The van der Waals surface area contributed by atoms with Crippen LogP contribution in [0.2, 0.25) is 0 Å². The van der Waals surface area contributed by atoms with E-state index in [1.807, 2.05) is 0 Å². The number of para-hydroxylation sites is 2. The quantitative estimate of drug-likeness (QED) is 0.538. The van der Waals surface area contributed by atoms with Crippen LogP contribution in [0.25, 0.3) is 16.6 Å². The summed E-state index contributed by atoms with van der Waals surface area (Å²) in [6, 6.07) is 9.95. The van der Waals surface area contributed by atoms with E-state index >= 15 is 0 Å². The van der Waals surface area contributed by atoms with Crippen LogP contribution in [0.15, 0.2) is 47.3 Å². The molecular formula is C16H7F3N2O3. The van der Waals surface area contributed by atoms with Crippen molar-refractivity contribution in [2.45, 2.75) is 6.36 Å². The number of halogens is 3. The number of ether oxygens (including phenoxy) is 1. The lowest BCUT2D eigenvalue weighted by Crippen LogP contribution is -2.23. The van der Waals surface area contributed by atoms with Crippen LogP contribution in [-0.2, 0) is 0 Å². The number of ketones is 1. The minimum absolute atomic E-state index is 0.0587. The molecule has 0 aliphatic carbocycles. The number of hydrogen-bond acceptors (Lipinski definition) is 4. The Morgan fingerprint density at radius 3 is 2.50 bits per heavy atom. The van der Waals surface area contributed by atoms with Crippen molar-refractivity contribution in [3.05, 3.63) is 64.2 Å². The van der Waals surface area contributed by atoms with Crippen molar-refractivity contribution in [3.8, 4) is 11.4 Å². The average Bonchev–Trinajstić information content (AvgIpc) is 2.81. The maximum Gasteiger partial charge on any atom is 0.573 e. The summed E-state index contributed by atoms with van der Waals surface area (Å²) in [6.07, 6.45) is -4.95. The number of aromatic nitrogens is 2. The summed E-state index contributed by atoms with van der Waals surface area (Å²) in [5, 5.41) is 0.198. The minimum atomic E-state index is -4.95. The van der Waals surface area contributed by atoms with Gasteiger partial charge in [0.05, 0.1) is 16.5 Å². The van der Waals surface area contributed by atoms with Crippen LogP contribution in [0.3, 0.4) is 0 Å². The van der Waals surface area contributed by atoms with Gasteiger partial charge in [0.1, 0.15) is 5.69 Å². The van der Waals surface area contributed by atoms with Gasteiger partial charge in [0.2, 0.25) is 5.78 Å². The smallest absolute Gasteiger partial charge is 0.404 e. The molecule has 0 saturated carbocycles. The van der Waals surface area contributed by atoms with E-state index in [0.717, 1.165) is 10.6 Å². The summed E-state index contributed by atoms with van der Waals surface area (Å²) in [4.78, 5) is 29.2. The molecule has 0 atom stereocenters. The van der Waals surface area contributed by atoms with Crippen LogP contribution in [0, 0.1) is 0 Å². The van der Waals surface area contributed by atoms with E-state index in [1.165, 1.54) is 18.2 Å². The molecule has 0 unspecified atom stereocenters. The number of nitrogens with zero attached hydrogens (tertiary/aromatic N) is 2. The predicted octanol–water partition coefficient (Wildman–Crippen LogP) is 2.83. The molecule has 5 nitrogen and oxygen atoms in total. The highest BCUT2D eigenvalue weighted by Gasteiger charge is 2.37. The number of benzene rings is 2. The van der Waals surface area contributed by atoms with Crippen molar-refractivity contribution in [1.82, 2.24) is 9.55 Å². The summed E-state index contributed by atoms with van der Waals surface area (Å²) in [5.74, 6) is -1.47. The van der Waals surface area contributed by atoms with Gasteiger partial charge >= 0.3 is 6.36 Å². The first kappa shape index (κ1) is 14.4. The van der Waals surface area contributed by atoms with E-state index in [4.69, 9.17) is 0 Å². The van der Waals surface area contributed by atoms with Gasteiger partial charge in [0, 0.05) is 0 Å². The van der Waals surface area contributed by atoms with Crippen molar-refractivity contribution in [2.24, 2.45) is 0 Å². The second kappa shape index (κ2) is 4.67. The minimum Gasteiger partial charge on any atom is -0.404 e. The summed E-state index contributed by atoms with van der Waals surface area (Å²) in [6.45, 7) is 0. The molecule has 4 rings (SSSR count). The van der Waals surface area contributed by atoms with Crippen LogP contribution in [0.5, 0.6) is 5.75 Å². The van der Waals surface area contributed by atoms with Crippen molar-refractivity contribution in [1.29, 1.82) is 0 Å². The molecule has 24 heavy (non-hydrogen) atoms. The lowest BCUT2D eigenvalue weighted by Gasteiger charge is -2.13. The largest absolute Gasteiger partial charge is 0.573 e. The van der Waals surface area contributed by atoms with E-state index in [9.17, 15) is 22.8 Å². The molecule has 0 saturated heterocycles. The average molecular weight is 332 g/mol. The van der Waals surface area contributed by atoms with Crippen molar-refractivity contribution in [3.63, 3.8) is 0 Å². The van der Waals surface area contributed by atoms with Crippen LogP contribution in [0.4, 0.5) is 13.2 Å². The fourth-order valence-electron chi connectivity index (χ4n) is 2.76. The highest BCUT2D eigenvalue weighted by atomic mass is 19.4. The Labute approximate surface area is 131 Å². The van der Waals surface area contributed by atoms with Gasteiger partial charge < -0.3 is 4.74 Å². The summed E-state index contributed by atoms with van der Waals surface area (Å²) in [5.41, 5.74) is -0.621. The van der Waals surface area contributed by atoms with Crippen LogP contribution in [-0.4, -0.2) is 21.7 Å². The molecule has 1 aromatic heterocycles. The molecule has 2 aromatic carbocycles. The molecule has 2 heterocycles. The lowest BCUT2D eigenvalue weighted by atomic mass is 10.1. The molecule has 0 radical (unpaired) electrons. The van der Waals surface area contributed by atoms with E-state index in [1.54, 1.807) is 18.2 Å². The molecule has 120 valence electrons. The van der Waals surface area contributed by atoms with Gasteiger partial charge in [0.25, 0.3) is 5.56 Å². The topological polar surface area (TPSA) is 61.2 Å². The molecule has 0 fully saturated rings. The van der Waals surface area contributed by atoms with E-state index in [0.29, 0.717) is 5.52 Å². The van der Waals surface area contributed by atoms with E-state index in [2.05, 4.69) is 9.72 Å². The fraction of sp³-hybridized carbons (Fsp3) is 0.0625. The summed E-state index contributed by atoms with van der Waals surface area (Å²) >= 11 is 0. The molecule has 0 spiro atoms. The molecule has 0 amide bonds. The number of hydrogen-bond donors (Lipinski definition) is 0. The Morgan fingerprint density at radius 1 is 1.00 bits per heavy atom. The Kier molecular flexibility index (Phi) is 2.81. The van der Waals surface area contributed by atoms with Gasteiger partial charge in [-0.1, -0.05) is 18.2 Å². The van der Waals surface area contributed by atoms with Gasteiger partial charge in [-0.25, -0.2) is 4.98 Å². The number of carbonyl (C=O) groups excluding carboxylic acids is 1. The Hall–Kier alpha value is -3.16. The number of alkyl halides is 3. The maximum atomic E-state index is 12.7. The Balaban J connectivity index is 2.08. The van der Waals surface area contributed by atoms with Gasteiger partial charge in [0.15, 0.2) is 11.6 Å². The first-order valence-corrected chi connectivity index (χ1v) is 6.82. The third-order valence-electron chi connectivity index (χ3n) is 3.67. The SMILES string of the molecule is O=C1c2cccc(OC(F)(F)F)c2-n2c1nc1ccccc1c2=O. The number of rotatable bonds is 1. The maximum absolute atomic E-state index is 12.7. The molecule has 3 aromatic rings. The molecule has 0 N–H and O–H groups in total. The monoisotopic (exact) mass is 332 g/mol. The first-order chi connectivity index (χ1) is 11.4. The van der Waals surface area contributed by atoms with Gasteiger partial charge in [-0.15, -0.1) is 13.2 Å². The second-order valence-electron chi connectivity index (χ2n) is 5.12. The van der Waals surface area contributed by atoms with Gasteiger partial charge in [-0.05, 0) is 24.3 Å². The Bertz CT molecular complexity index is 1070. The highest BCUT2D eigenvalue weighted by Crippen LogP contribution is 2.36. The van der Waals surface area contributed by atoms with Crippen LogP contribution < -0.4 is 10.3 Å². The molecule has 1 aliphatic rings. The molecular weight excluding hydrogens is 325 g/mol. The third kappa shape index (κ3) is 1.99. The fourth-order valence-corrected chi connectivity index (χ4v) is 2.76. The Morgan fingerprint density at radius 2 is 1.75 bits per heavy atom.